The van der Waals surface area contributed by atoms with Crippen molar-refractivity contribution in [1.29, 1.82) is 0 Å². The third-order valence-electron chi connectivity index (χ3n) is 2.72. The summed E-state index contributed by atoms with van der Waals surface area (Å²) < 4.78 is 30.9. The summed E-state index contributed by atoms with van der Waals surface area (Å²) in [5, 5.41) is 2.22. The average molecular weight is 314 g/mol. The van der Waals surface area contributed by atoms with Gasteiger partial charge in [0.1, 0.15) is 17.7 Å². The summed E-state index contributed by atoms with van der Waals surface area (Å²) in [6.07, 6.45) is -0.834. The minimum Gasteiger partial charge on any atom is -0.466 e. The first-order chi connectivity index (χ1) is 10.3. The molecule has 1 rings (SSSR count). The van der Waals surface area contributed by atoms with Gasteiger partial charge in [0.25, 0.3) is 0 Å². The Hall–Kier alpha value is -2.51. The second-order valence-corrected chi connectivity index (χ2v) is 4.44. The van der Waals surface area contributed by atoms with Gasteiger partial charge in [-0.25, -0.2) is 8.78 Å². The number of amides is 2. The number of rotatable bonds is 7. The number of hydrogen-bond donors (Lipinski definition) is 2. The molecule has 0 aliphatic rings. The maximum Gasteiger partial charge on any atom is 0.308 e. The molecule has 3 N–H and O–H groups in total. The largest absolute Gasteiger partial charge is 0.466 e. The van der Waals surface area contributed by atoms with Gasteiger partial charge in [0.2, 0.25) is 11.8 Å². The van der Waals surface area contributed by atoms with Gasteiger partial charge in [0.05, 0.1) is 19.4 Å². The quantitative estimate of drug-likeness (QED) is 0.713. The molecule has 0 bridgehead atoms. The highest BCUT2D eigenvalue weighted by molar-refractivity contribution is 5.90. The SMILES string of the molecule is CCOC(=O)C[C@@H](NC(=O)Cc1ccc(F)cc1F)C(N)=O. The summed E-state index contributed by atoms with van der Waals surface area (Å²) in [6, 6.07) is 1.52. The minimum atomic E-state index is -1.25. The summed E-state index contributed by atoms with van der Waals surface area (Å²) in [5.41, 5.74) is 5.04. The van der Waals surface area contributed by atoms with Gasteiger partial charge in [-0.05, 0) is 18.6 Å². The van der Waals surface area contributed by atoms with Crippen LogP contribution >= 0.6 is 0 Å². The fourth-order valence-electron chi connectivity index (χ4n) is 1.69. The van der Waals surface area contributed by atoms with E-state index in [0.29, 0.717) is 6.07 Å². The molecule has 0 aliphatic carbocycles. The molecule has 120 valence electrons. The van der Waals surface area contributed by atoms with Crippen LogP contribution in [0.1, 0.15) is 18.9 Å². The van der Waals surface area contributed by atoms with Crippen molar-refractivity contribution in [1.82, 2.24) is 5.32 Å². The predicted molar refractivity (Wildman–Crippen MR) is 72.4 cm³/mol. The Morgan fingerprint density at radius 1 is 1.32 bits per heavy atom. The monoisotopic (exact) mass is 314 g/mol. The predicted octanol–water partition coefficient (Wildman–Crippen LogP) is 0.431. The number of halogens is 2. The van der Waals surface area contributed by atoms with E-state index >= 15 is 0 Å². The third-order valence-corrected chi connectivity index (χ3v) is 2.72. The molecule has 6 nitrogen and oxygen atoms in total. The number of nitrogens with one attached hydrogen (secondary N) is 1. The van der Waals surface area contributed by atoms with Gasteiger partial charge in [-0.15, -0.1) is 0 Å². The van der Waals surface area contributed by atoms with Gasteiger partial charge in [0, 0.05) is 6.07 Å². The highest BCUT2D eigenvalue weighted by atomic mass is 19.1. The molecule has 0 aliphatic heterocycles. The van der Waals surface area contributed by atoms with Gasteiger partial charge in [0.15, 0.2) is 0 Å². The Kier molecular flexibility index (Phi) is 6.43. The number of ether oxygens (including phenoxy) is 1. The van der Waals surface area contributed by atoms with Crippen LogP contribution in [-0.2, 0) is 25.5 Å². The standard InChI is InChI=1S/C14H16F2N2O4/c1-2-22-13(20)7-11(14(17)21)18-12(19)5-8-3-4-9(15)6-10(8)16/h3-4,6,11H,2,5,7H2,1H3,(H2,17,21)(H,18,19)/t11-/m1/s1. The van der Waals surface area contributed by atoms with Crippen LogP contribution in [0, 0.1) is 11.6 Å². The van der Waals surface area contributed by atoms with Crippen LogP contribution in [0.3, 0.4) is 0 Å². The average Bonchev–Trinajstić information content (AvgIpc) is 2.41. The molecule has 0 unspecified atom stereocenters. The smallest absolute Gasteiger partial charge is 0.308 e. The summed E-state index contributed by atoms with van der Waals surface area (Å²) in [6.45, 7) is 1.71. The molecule has 0 saturated carbocycles. The minimum absolute atomic E-state index is 0.0433. The van der Waals surface area contributed by atoms with E-state index < -0.39 is 48.3 Å². The first kappa shape index (κ1) is 17.5. The molecule has 0 heterocycles. The summed E-state index contributed by atoms with van der Waals surface area (Å²) in [7, 11) is 0. The van der Waals surface area contributed by atoms with E-state index in [2.05, 4.69) is 10.1 Å². The lowest BCUT2D eigenvalue weighted by Gasteiger charge is -2.14. The number of benzene rings is 1. The van der Waals surface area contributed by atoms with E-state index in [0.717, 1.165) is 12.1 Å². The first-order valence-electron chi connectivity index (χ1n) is 6.51. The Bertz CT molecular complexity index is 578. The van der Waals surface area contributed by atoms with Gasteiger partial charge in [-0.3, -0.25) is 14.4 Å². The maximum atomic E-state index is 13.4. The number of primary amides is 1. The molecule has 1 aromatic rings. The van der Waals surface area contributed by atoms with E-state index in [1.807, 2.05) is 0 Å². The van der Waals surface area contributed by atoms with E-state index in [1.165, 1.54) is 0 Å². The second-order valence-electron chi connectivity index (χ2n) is 4.44. The van der Waals surface area contributed by atoms with Gasteiger partial charge in [-0.2, -0.15) is 0 Å². The number of carbonyl (C=O) groups excluding carboxylic acids is 3. The van der Waals surface area contributed by atoms with Crippen LogP contribution in [0.4, 0.5) is 8.78 Å². The number of nitrogens with two attached hydrogens (primary N) is 1. The van der Waals surface area contributed by atoms with Crippen LogP contribution in [0.15, 0.2) is 18.2 Å². The normalized spacial score (nSPS) is 11.6. The van der Waals surface area contributed by atoms with Crippen LogP contribution < -0.4 is 11.1 Å². The topological polar surface area (TPSA) is 98.5 Å². The van der Waals surface area contributed by atoms with Gasteiger partial charge < -0.3 is 15.8 Å². The zero-order chi connectivity index (χ0) is 16.7. The van der Waals surface area contributed by atoms with Gasteiger partial charge in [-0.1, -0.05) is 6.07 Å². The fraction of sp³-hybridized carbons (Fsp3) is 0.357. The maximum absolute atomic E-state index is 13.4. The van der Waals surface area contributed by atoms with Crippen LogP contribution in [0.25, 0.3) is 0 Å². The molecule has 0 saturated heterocycles. The number of esters is 1. The van der Waals surface area contributed by atoms with Crippen molar-refractivity contribution < 1.29 is 27.9 Å². The third kappa shape index (κ3) is 5.47. The van der Waals surface area contributed by atoms with E-state index in [1.54, 1.807) is 6.92 Å². The van der Waals surface area contributed by atoms with Crippen LogP contribution in [0.5, 0.6) is 0 Å². The van der Waals surface area contributed by atoms with E-state index in [9.17, 15) is 23.2 Å². The lowest BCUT2D eigenvalue weighted by molar-refractivity contribution is -0.145. The van der Waals surface area contributed by atoms with Gasteiger partial charge >= 0.3 is 5.97 Å². The fourth-order valence-corrected chi connectivity index (χ4v) is 1.69. The molecular formula is C14H16F2N2O4. The molecule has 2 amide bonds. The molecule has 0 fully saturated rings. The molecule has 0 spiro atoms. The van der Waals surface area contributed by atoms with Crippen LogP contribution in [-0.4, -0.2) is 30.4 Å². The molecule has 1 atom stereocenters. The zero-order valence-corrected chi connectivity index (χ0v) is 11.9. The van der Waals surface area contributed by atoms with Crippen molar-refractivity contribution in [2.45, 2.75) is 25.8 Å². The Balaban J connectivity index is 2.67. The molecule has 0 radical (unpaired) electrons. The Morgan fingerprint density at radius 3 is 2.55 bits per heavy atom. The summed E-state index contributed by atoms with van der Waals surface area (Å²) in [5.74, 6) is -3.98. The number of carbonyl (C=O) groups is 3. The second kappa shape index (κ2) is 8.06. The molecule has 8 heteroatoms. The van der Waals surface area contributed by atoms with E-state index in [-0.39, 0.29) is 12.2 Å². The molecule has 0 aromatic heterocycles. The zero-order valence-electron chi connectivity index (χ0n) is 11.9. The van der Waals surface area contributed by atoms with Crippen molar-refractivity contribution >= 4 is 17.8 Å². The van der Waals surface area contributed by atoms with Crippen molar-refractivity contribution in [3.8, 4) is 0 Å². The van der Waals surface area contributed by atoms with Crippen molar-refractivity contribution in [2.75, 3.05) is 6.61 Å². The highest BCUT2D eigenvalue weighted by Crippen LogP contribution is 2.10. The number of hydrogen-bond acceptors (Lipinski definition) is 4. The first-order valence-corrected chi connectivity index (χ1v) is 6.51. The van der Waals surface area contributed by atoms with Crippen molar-refractivity contribution in [3.63, 3.8) is 0 Å². The summed E-state index contributed by atoms with van der Waals surface area (Å²) in [4.78, 5) is 34.3. The highest BCUT2D eigenvalue weighted by Gasteiger charge is 2.22. The Morgan fingerprint density at radius 2 is 2.00 bits per heavy atom. The van der Waals surface area contributed by atoms with E-state index in [4.69, 9.17) is 5.73 Å². The molecular weight excluding hydrogens is 298 g/mol. The van der Waals surface area contributed by atoms with Crippen LogP contribution in [0.2, 0.25) is 0 Å². The molecule has 1 aromatic carbocycles. The van der Waals surface area contributed by atoms with Crippen molar-refractivity contribution in [3.05, 3.63) is 35.4 Å². The molecule has 22 heavy (non-hydrogen) atoms. The van der Waals surface area contributed by atoms with Crippen molar-refractivity contribution in [2.24, 2.45) is 5.73 Å². The lowest BCUT2D eigenvalue weighted by Crippen LogP contribution is -2.46. The Labute approximate surface area is 125 Å². The summed E-state index contributed by atoms with van der Waals surface area (Å²) >= 11 is 0. The lowest BCUT2D eigenvalue weighted by atomic mass is 10.1.